The molecular formula is C25H36N2O2. The van der Waals surface area contributed by atoms with Crippen molar-refractivity contribution in [3.05, 3.63) is 71.4 Å². The summed E-state index contributed by atoms with van der Waals surface area (Å²) < 4.78 is 0. The summed E-state index contributed by atoms with van der Waals surface area (Å²) in [5, 5.41) is 13.1. The molecule has 0 aromatic carbocycles. The second-order valence-corrected chi connectivity index (χ2v) is 6.58. The van der Waals surface area contributed by atoms with Crippen molar-refractivity contribution in [3.8, 4) is 11.8 Å². The molecule has 2 atom stereocenters. The van der Waals surface area contributed by atoms with E-state index in [1.54, 1.807) is 12.2 Å². The first-order valence-electron chi connectivity index (χ1n) is 10.3. The van der Waals surface area contributed by atoms with Gasteiger partial charge >= 0.3 is 0 Å². The van der Waals surface area contributed by atoms with Gasteiger partial charge < -0.3 is 10.0 Å². The standard InChI is InChI=1S/C25H36N2O2/c1-4-6-8-10-12-13-14-15-16-18-20-24(26-29)22-27(3)23-25(28)21-19-17-11-9-7-5-2/h6-9,12-13,15-17,21,24-25,28H,4-5,10-11,14,22-23H2,1-3H3/b8-6-,9-7-,13-12-,16-15-. The largest absolute Gasteiger partial charge is 0.387 e. The van der Waals surface area contributed by atoms with Crippen molar-refractivity contribution in [2.24, 2.45) is 5.18 Å². The van der Waals surface area contributed by atoms with Crippen LogP contribution in [-0.2, 0) is 0 Å². The Morgan fingerprint density at radius 1 is 0.931 bits per heavy atom. The number of hydrogen-bond donors (Lipinski definition) is 1. The van der Waals surface area contributed by atoms with Crippen LogP contribution in [0, 0.1) is 16.7 Å². The van der Waals surface area contributed by atoms with E-state index in [1.165, 1.54) is 0 Å². The molecule has 0 fully saturated rings. The third-order valence-corrected chi connectivity index (χ3v) is 3.74. The number of nitrogens with zero attached hydrogens (tertiary/aromatic N) is 2. The maximum atomic E-state index is 11.0. The van der Waals surface area contributed by atoms with E-state index in [1.807, 2.05) is 24.1 Å². The summed E-state index contributed by atoms with van der Waals surface area (Å²) in [4.78, 5) is 12.8. The minimum atomic E-state index is -0.648. The van der Waals surface area contributed by atoms with Crippen LogP contribution in [0.4, 0.5) is 0 Å². The summed E-state index contributed by atoms with van der Waals surface area (Å²) in [6.45, 7) is 4.98. The lowest BCUT2D eigenvalue weighted by Crippen LogP contribution is -2.33. The van der Waals surface area contributed by atoms with Crippen molar-refractivity contribution >= 4 is 0 Å². The molecule has 1 N–H and O–H groups in total. The summed E-state index contributed by atoms with van der Waals surface area (Å²) >= 11 is 0. The van der Waals surface area contributed by atoms with Gasteiger partial charge in [-0.3, -0.25) is 0 Å². The summed E-state index contributed by atoms with van der Waals surface area (Å²) in [5.74, 6) is 5.72. The van der Waals surface area contributed by atoms with Crippen LogP contribution in [0.15, 0.2) is 71.7 Å². The van der Waals surface area contributed by atoms with Crippen LogP contribution in [0.2, 0.25) is 0 Å². The zero-order valence-corrected chi connectivity index (χ0v) is 18.1. The average Bonchev–Trinajstić information content (AvgIpc) is 2.71. The van der Waals surface area contributed by atoms with Crippen LogP contribution in [0.3, 0.4) is 0 Å². The Balaban J connectivity index is 4.27. The van der Waals surface area contributed by atoms with Gasteiger partial charge in [0, 0.05) is 13.1 Å². The molecule has 0 aromatic rings. The van der Waals surface area contributed by atoms with Crippen LogP contribution < -0.4 is 0 Å². The number of rotatable bonds is 14. The number of aliphatic hydroxyl groups excluding tert-OH is 1. The average molecular weight is 397 g/mol. The summed E-state index contributed by atoms with van der Waals surface area (Å²) in [6, 6.07) is -0.620. The fourth-order valence-corrected chi connectivity index (χ4v) is 2.31. The molecule has 29 heavy (non-hydrogen) atoms. The van der Waals surface area contributed by atoms with Crippen LogP contribution in [0.25, 0.3) is 0 Å². The topological polar surface area (TPSA) is 52.9 Å². The van der Waals surface area contributed by atoms with E-state index < -0.39 is 12.1 Å². The molecule has 0 aliphatic rings. The van der Waals surface area contributed by atoms with Gasteiger partial charge in [-0.25, -0.2) is 0 Å². The van der Waals surface area contributed by atoms with Crippen molar-refractivity contribution < 1.29 is 5.11 Å². The highest BCUT2D eigenvalue weighted by molar-refractivity contribution is 5.20. The van der Waals surface area contributed by atoms with Gasteiger partial charge in [-0.15, -0.1) is 10.6 Å². The van der Waals surface area contributed by atoms with Gasteiger partial charge in [0.05, 0.1) is 6.10 Å². The van der Waals surface area contributed by atoms with Gasteiger partial charge in [0.25, 0.3) is 0 Å². The summed E-state index contributed by atoms with van der Waals surface area (Å²) in [6.07, 6.45) is 23.9. The molecule has 158 valence electrons. The molecule has 0 amide bonds. The zero-order valence-electron chi connectivity index (χ0n) is 18.1. The van der Waals surface area contributed by atoms with Gasteiger partial charge in [-0.2, -0.15) is 0 Å². The Morgan fingerprint density at radius 3 is 2.21 bits per heavy atom. The van der Waals surface area contributed by atoms with Crippen molar-refractivity contribution in [1.29, 1.82) is 0 Å². The van der Waals surface area contributed by atoms with E-state index >= 15 is 0 Å². The van der Waals surface area contributed by atoms with Gasteiger partial charge in [0.1, 0.15) is 0 Å². The normalized spacial score (nSPS) is 13.7. The maximum absolute atomic E-state index is 11.0. The molecule has 0 aliphatic carbocycles. The van der Waals surface area contributed by atoms with Crippen LogP contribution >= 0.6 is 0 Å². The molecule has 0 radical (unpaired) electrons. The van der Waals surface area contributed by atoms with E-state index in [0.29, 0.717) is 13.1 Å². The van der Waals surface area contributed by atoms with E-state index in [9.17, 15) is 10.0 Å². The third kappa shape index (κ3) is 18.7. The van der Waals surface area contributed by atoms with Crippen molar-refractivity contribution in [2.45, 2.75) is 58.1 Å². The molecule has 0 aliphatic heterocycles. The van der Waals surface area contributed by atoms with Crippen LogP contribution in [0.1, 0.15) is 46.0 Å². The highest BCUT2D eigenvalue weighted by atomic mass is 16.3. The first-order valence-corrected chi connectivity index (χ1v) is 10.3. The van der Waals surface area contributed by atoms with Crippen molar-refractivity contribution in [3.63, 3.8) is 0 Å². The molecule has 0 aromatic heterocycles. The second-order valence-electron chi connectivity index (χ2n) is 6.58. The smallest absolute Gasteiger partial charge is 0.165 e. The fraction of sp³-hybridized carbons (Fsp3) is 0.480. The lowest BCUT2D eigenvalue weighted by Gasteiger charge is -2.18. The highest BCUT2D eigenvalue weighted by Crippen LogP contribution is 1.97. The summed E-state index contributed by atoms with van der Waals surface area (Å²) in [5.41, 5.74) is 2.98. The minimum absolute atomic E-state index is 0.377. The number of allylic oxidation sites excluding steroid dienone is 8. The zero-order chi connectivity index (χ0) is 21.6. The molecule has 0 spiro atoms. The number of nitroso groups, excluding NO2 is 1. The SMILES string of the molecule is CC/C=C\CC=C=CC(O)CN(C)CC(C#C/C=C\C/C=C\C/C=C\CC)N=O. The quantitative estimate of drug-likeness (QED) is 0.186. The van der Waals surface area contributed by atoms with Gasteiger partial charge in [0.2, 0.25) is 0 Å². The Bertz CT molecular complexity index is 656. The first kappa shape index (κ1) is 26.6. The first-order chi connectivity index (χ1) is 14.1. The predicted octanol–water partition coefficient (Wildman–Crippen LogP) is 5.34. The van der Waals surface area contributed by atoms with E-state index in [2.05, 4.69) is 73.1 Å². The molecule has 0 bridgehead atoms. The Labute approximate surface area is 177 Å². The van der Waals surface area contributed by atoms with Crippen LogP contribution in [-0.4, -0.2) is 42.3 Å². The summed E-state index contributed by atoms with van der Waals surface area (Å²) in [7, 11) is 1.83. The van der Waals surface area contributed by atoms with Crippen molar-refractivity contribution in [2.75, 3.05) is 20.1 Å². The van der Waals surface area contributed by atoms with Gasteiger partial charge in [-0.1, -0.05) is 73.4 Å². The molecule has 2 unspecified atom stereocenters. The number of hydrogen-bond acceptors (Lipinski definition) is 4. The molecule has 0 saturated heterocycles. The Morgan fingerprint density at radius 2 is 1.55 bits per heavy atom. The van der Waals surface area contributed by atoms with Crippen molar-refractivity contribution in [1.82, 2.24) is 4.90 Å². The number of aliphatic hydroxyl groups is 1. The molecule has 0 rings (SSSR count). The van der Waals surface area contributed by atoms with Crippen LogP contribution in [0.5, 0.6) is 0 Å². The highest BCUT2D eigenvalue weighted by Gasteiger charge is 2.11. The van der Waals surface area contributed by atoms with E-state index in [-0.39, 0.29) is 0 Å². The van der Waals surface area contributed by atoms with Gasteiger partial charge in [0.15, 0.2) is 6.04 Å². The lowest BCUT2D eigenvalue weighted by molar-refractivity contribution is 0.163. The van der Waals surface area contributed by atoms with E-state index in [4.69, 9.17) is 0 Å². The fourth-order valence-electron chi connectivity index (χ4n) is 2.31. The third-order valence-electron chi connectivity index (χ3n) is 3.74. The molecule has 4 heteroatoms. The van der Waals surface area contributed by atoms with E-state index in [0.717, 1.165) is 32.1 Å². The molecule has 0 saturated carbocycles. The molecular weight excluding hydrogens is 360 g/mol. The molecule has 0 heterocycles. The monoisotopic (exact) mass is 396 g/mol. The maximum Gasteiger partial charge on any atom is 0.165 e. The molecule has 4 nitrogen and oxygen atoms in total. The minimum Gasteiger partial charge on any atom is -0.387 e. The second kappa shape index (κ2) is 20.3. The Kier molecular flexibility index (Phi) is 18.6. The number of likely N-dealkylation sites (N-methyl/N-ethyl adjacent to an activating group) is 1. The van der Waals surface area contributed by atoms with Gasteiger partial charge in [-0.05, 0) is 57.4 Å². The predicted molar refractivity (Wildman–Crippen MR) is 125 cm³/mol. The Hall–Kier alpha value is -2.44. The lowest BCUT2D eigenvalue weighted by atomic mass is 10.2.